The van der Waals surface area contributed by atoms with E-state index >= 15 is 0 Å². The molecule has 8 heteroatoms. The van der Waals surface area contributed by atoms with Gasteiger partial charge in [-0.05, 0) is 37.4 Å². The first-order valence-corrected chi connectivity index (χ1v) is 10.4. The van der Waals surface area contributed by atoms with E-state index in [0.29, 0.717) is 22.2 Å². The standard InChI is InChI=1S/C22H25Cl2N3O3/c1-27(2)12-14-6-4-13(5-7-14)8-20(28)26-18-11-19(22(29)30-3)25-17-10-15(23)9-16(24)21(17)18/h4-7,9-10,18-19,25H,8,11-12H2,1-3H3,(H,26,28). The third-order valence-electron chi connectivity index (χ3n) is 4.95. The van der Waals surface area contributed by atoms with Gasteiger partial charge in [-0.3, -0.25) is 4.79 Å². The number of anilines is 1. The number of benzene rings is 2. The second kappa shape index (κ2) is 9.69. The molecule has 1 aliphatic rings. The fourth-order valence-electron chi connectivity index (χ4n) is 3.65. The molecular weight excluding hydrogens is 425 g/mol. The minimum atomic E-state index is -0.604. The van der Waals surface area contributed by atoms with Gasteiger partial charge >= 0.3 is 5.97 Å². The third kappa shape index (κ3) is 5.45. The van der Waals surface area contributed by atoms with E-state index in [1.807, 2.05) is 38.4 Å². The third-order valence-corrected chi connectivity index (χ3v) is 5.48. The lowest BCUT2D eigenvalue weighted by atomic mass is 9.92. The average molecular weight is 450 g/mol. The van der Waals surface area contributed by atoms with Crippen molar-refractivity contribution in [2.24, 2.45) is 0 Å². The SMILES string of the molecule is COC(=O)C1CC(NC(=O)Cc2ccc(CN(C)C)cc2)c2c(Cl)cc(Cl)cc2N1. The number of nitrogens with zero attached hydrogens (tertiary/aromatic N) is 1. The van der Waals surface area contributed by atoms with Crippen molar-refractivity contribution >= 4 is 40.8 Å². The number of rotatable bonds is 6. The highest BCUT2D eigenvalue weighted by atomic mass is 35.5. The summed E-state index contributed by atoms with van der Waals surface area (Å²) >= 11 is 12.5. The van der Waals surface area contributed by atoms with Gasteiger partial charge in [-0.15, -0.1) is 0 Å². The fourth-order valence-corrected chi connectivity index (χ4v) is 4.27. The molecule has 0 saturated heterocycles. The molecule has 3 rings (SSSR count). The van der Waals surface area contributed by atoms with Crippen molar-refractivity contribution in [2.45, 2.75) is 31.5 Å². The molecule has 1 aliphatic heterocycles. The number of halogens is 2. The van der Waals surface area contributed by atoms with Crippen LogP contribution in [0, 0.1) is 0 Å². The van der Waals surface area contributed by atoms with Gasteiger partial charge in [0.05, 0.1) is 19.6 Å². The maximum Gasteiger partial charge on any atom is 0.328 e. The topological polar surface area (TPSA) is 70.7 Å². The molecule has 2 aromatic rings. The van der Waals surface area contributed by atoms with Crippen molar-refractivity contribution in [3.63, 3.8) is 0 Å². The maximum atomic E-state index is 12.8. The van der Waals surface area contributed by atoms with E-state index in [4.69, 9.17) is 27.9 Å². The predicted molar refractivity (Wildman–Crippen MR) is 119 cm³/mol. The van der Waals surface area contributed by atoms with E-state index in [9.17, 15) is 9.59 Å². The van der Waals surface area contributed by atoms with Crippen molar-refractivity contribution in [1.82, 2.24) is 10.2 Å². The molecule has 6 nitrogen and oxygen atoms in total. The Morgan fingerprint density at radius 1 is 1.17 bits per heavy atom. The summed E-state index contributed by atoms with van der Waals surface area (Å²) in [7, 11) is 5.36. The van der Waals surface area contributed by atoms with Crippen LogP contribution in [-0.2, 0) is 27.3 Å². The highest BCUT2D eigenvalue weighted by Crippen LogP contribution is 2.40. The largest absolute Gasteiger partial charge is 0.467 e. The lowest BCUT2D eigenvalue weighted by Gasteiger charge is -2.33. The number of carbonyl (C=O) groups is 2. The average Bonchev–Trinajstić information content (AvgIpc) is 2.67. The van der Waals surface area contributed by atoms with Gasteiger partial charge in [-0.2, -0.15) is 0 Å². The van der Waals surface area contributed by atoms with Crippen molar-refractivity contribution < 1.29 is 14.3 Å². The molecule has 0 bridgehead atoms. The molecule has 1 heterocycles. The summed E-state index contributed by atoms with van der Waals surface area (Å²) < 4.78 is 4.87. The molecule has 0 aliphatic carbocycles. The summed E-state index contributed by atoms with van der Waals surface area (Å²) in [5, 5.41) is 7.00. The van der Waals surface area contributed by atoms with E-state index in [1.165, 1.54) is 12.7 Å². The number of fused-ring (bicyclic) bond motifs is 1. The van der Waals surface area contributed by atoms with Gasteiger partial charge in [0.15, 0.2) is 0 Å². The zero-order valence-corrected chi connectivity index (χ0v) is 18.7. The predicted octanol–water partition coefficient (Wildman–Crippen LogP) is 3.81. The van der Waals surface area contributed by atoms with E-state index in [1.54, 1.807) is 12.1 Å². The lowest BCUT2D eigenvalue weighted by Crippen LogP contribution is -2.42. The molecule has 0 fully saturated rings. The van der Waals surface area contributed by atoms with Crippen LogP contribution in [0.5, 0.6) is 0 Å². The van der Waals surface area contributed by atoms with E-state index in [-0.39, 0.29) is 12.3 Å². The second-order valence-corrected chi connectivity index (χ2v) is 8.50. The van der Waals surface area contributed by atoms with Crippen LogP contribution < -0.4 is 10.6 Å². The summed E-state index contributed by atoms with van der Waals surface area (Å²) in [5.41, 5.74) is 3.43. The first-order valence-electron chi connectivity index (χ1n) is 9.62. The number of methoxy groups -OCH3 is 1. The maximum absolute atomic E-state index is 12.8. The number of amides is 1. The highest BCUT2D eigenvalue weighted by molar-refractivity contribution is 6.35. The number of esters is 1. The van der Waals surface area contributed by atoms with Crippen molar-refractivity contribution in [3.8, 4) is 0 Å². The number of hydrogen-bond donors (Lipinski definition) is 2. The number of hydrogen-bond acceptors (Lipinski definition) is 5. The van der Waals surface area contributed by atoms with Crippen LogP contribution in [0.2, 0.25) is 10.0 Å². The molecule has 30 heavy (non-hydrogen) atoms. The number of ether oxygens (including phenoxy) is 1. The molecule has 0 aromatic heterocycles. The van der Waals surface area contributed by atoms with Crippen LogP contribution >= 0.6 is 23.2 Å². The van der Waals surface area contributed by atoms with E-state index in [2.05, 4.69) is 15.5 Å². The van der Waals surface area contributed by atoms with Gasteiger partial charge in [-0.25, -0.2) is 4.79 Å². The Balaban J connectivity index is 1.75. The minimum absolute atomic E-state index is 0.150. The van der Waals surface area contributed by atoms with Crippen molar-refractivity contribution in [3.05, 3.63) is 63.1 Å². The summed E-state index contributed by atoms with van der Waals surface area (Å²) in [6, 6.07) is 10.2. The number of carbonyl (C=O) groups excluding carboxylic acids is 2. The van der Waals surface area contributed by atoms with Crippen molar-refractivity contribution in [2.75, 3.05) is 26.5 Å². The molecule has 0 saturated carbocycles. The summed E-state index contributed by atoms with van der Waals surface area (Å²) in [4.78, 5) is 26.9. The monoisotopic (exact) mass is 449 g/mol. The zero-order valence-electron chi connectivity index (χ0n) is 17.2. The van der Waals surface area contributed by atoms with Crippen LogP contribution in [0.4, 0.5) is 5.69 Å². The molecule has 2 N–H and O–H groups in total. The van der Waals surface area contributed by atoms with Gasteiger partial charge in [0.25, 0.3) is 0 Å². The highest BCUT2D eigenvalue weighted by Gasteiger charge is 2.34. The van der Waals surface area contributed by atoms with Gasteiger partial charge in [-0.1, -0.05) is 47.5 Å². The van der Waals surface area contributed by atoms with Crippen LogP contribution in [0.3, 0.4) is 0 Å². The summed E-state index contributed by atoms with van der Waals surface area (Å²) in [6.07, 6.45) is 0.560. The molecule has 2 unspecified atom stereocenters. The molecule has 1 amide bonds. The summed E-state index contributed by atoms with van der Waals surface area (Å²) in [6.45, 7) is 0.842. The first kappa shape index (κ1) is 22.4. The molecule has 2 atom stereocenters. The second-order valence-electron chi connectivity index (χ2n) is 7.66. The van der Waals surface area contributed by atoms with E-state index in [0.717, 1.165) is 17.7 Å². The first-order chi connectivity index (χ1) is 14.3. The van der Waals surface area contributed by atoms with Gasteiger partial charge < -0.3 is 20.3 Å². The lowest BCUT2D eigenvalue weighted by molar-refractivity contribution is -0.142. The quantitative estimate of drug-likeness (QED) is 0.655. The van der Waals surface area contributed by atoms with Crippen LogP contribution in [0.15, 0.2) is 36.4 Å². The van der Waals surface area contributed by atoms with Gasteiger partial charge in [0.1, 0.15) is 6.04 Å². The fraction of sp³-hybridized carbons (Fsp3) is 0.364. The molecule has 0 radical (unpaired) electrons. The Labute approximate surface area is 186 Å². The number of nitrogens with one attached hydrogen (secondary N) is 2. The Hall–Kier alpha value is -2.28. The Bertz CT molecular complexity index is 932. The minimum Gasteiger partial charge on any atom is -0.467 e. The molecule has 160 valence electrons. The smallest absolute Gasteiger partial charge is 0.328 e. The van der Waals surface area contributed by atoms with Gasteiger partial charge in [0.2, 0.25) is 5.91 Å². The Kier molecular flexibility index (Phi) is 7.23. The van der Waals surface area contributed by atoms with Crippen LogP contribution in [0.25, 0.3) is 0 Å². The normalized spacial score (nSPS) is 17.8. The van der Waals surface area contributed by atoms with E-state index < -0.39 is 18.1 Å². The zero-order chi connectivity index (χ0) is 21.8. The Morgan fingerprint density at radius 3 is 2.47 bits per heavy atom. The molecular formula is C22H25Cl2N3O3. The Morgan fingerprint density at radius 2 is 1.83 bits per heavy atom. The summed E-state index contributed by atoms with van der Waals surface area (Å²) in [5.74, 6) is -0.560. The van der Waals surface area contributed by atoms with Crippen LogP contribution in [-0.4, -0.2) is 44.0 Å². The molecule has 0 spiro atoms. The van der Waals surface area contributed by atoms with Gasteiger partial charge in [0, 0.05) is 34.3 Å². The van der Waals surface area contributed by atoms with Crippen LogP contribution in [0.1, 0.15) is 29.2 Å². The molecule has 2 aromatic carbocycles. The van der Waals surface area contributed by atoms with Crippen molar-refractivity contribution in [1.29, 1.82) is 0 Å².